The molecule has 0 fully saturated rings. The molecule has 2 aromatic heterocycles. The highest BCUT2D eigenvalue weighted by atomic mass is 28.3. The Labute approximate surface area is 308 Å². The summed E-state index contributed by atoms with van der Waals surface area (Å²) in [6.45, 7) is 0. The summed E-state index contributed by atoms with van der Waals surface area (Å²) in [5.74, 6) is 0. The van der Waals surface area contributed by atoms with Crippen LogP contribution in [0.2, 0.25) is 0 Å². The lowest BCUT2D eigenvalue weighted by molar-refractivity contribution is 1.12. The van der Waals surface area contributed by atoms with Crippen LogP contribution in [-0.2, 0) is 0 Å². The van der Waals surface area contributed by atoms with Crippen molar-refractivity contribution in [2.75, 3.05) is 0 Å². The molecular formula is C49H33N3Si. The minimum atomic E-state index is -3.03. The molecule has 10 rings (SSSR count). The maximum absolute atomic E-state index is 11.5. The molecule has 0 atom stereocenters. The topological polar surface area (TPSA) is 33.6 Å². The van der Waals surface area contributed by atoms with Crippen molar-refractivity contribution < 1.29 is 0 Å². The van der Waals surface area contributed by atoms with Crippen molar-refractivity contribution >= 4 is 72.4 Å². The van der Waals surface area contributed by atoms with E-state index in [1.807, 2.05) is 0 Å². The summed E-state index contributed by atoms with van der Waals surface area (Å²) < 4.78 is 4.65. The standard InChI is InChI=1S/C49H33N3Si/c50-34-43-48(51-44-28-14-10-24-39(44)40-25-11-15-29-45(40)51)32-38(33-49(43)52-46-30-16-12-26-41(46)42-27-13-17-31-47(42)52)53(35-18-4-1-5-19-35,36-20-6-2-7-21-36)37-22-8-3-9-23-37/h1-33H. The molecule has 0 spiro atoms. The molecule has 0 unspecified atom stereocenters. The number of hydrogen-bond donors (Lipinski definition) is 0. The van der Waals surface area contributed by atoms with Gasteiger partial charge in [-0.25, -0.2) is 0 Å². The van der Waals surface area contributed by atoms with E-state index in [2.05, 4.69) is 215 Å². The van der Waals surface area contributed by atoms with Crippen molar-refractivity contribution in [1.29, 1.82) is 5.26 Å². The predicted molar refractivity (Wildman–Crippen MR) is 223 cm³/mol. The molecule has 4 heteroatoms. The van der Waals surface area contributed by atoms with E-state index >= 15 is 0 Å². The Hall–Kier alpha value is -6.93. The van der Waals surface area contributed by atoms with Crippen molar-refractivity contribution in [2.24, 2.45) is 0 Å². The number of fused-ring (bicyclic) bond motifs is 6. The van der Waals surface area contributed by atoms with E-state index in [0.717, 1.165) is 55.0 Å². The average molecular weight is 692 g/mol. The van der Waals surface area contributed by atoms with Crippen molar-refractivity contribution in [2.45, 2.75) is 0 Å². The summed E-state index contributed by atoms with van der Waals surface area (Å²) in [6.07, 6.45) is 0. The lowest BCUT2D eigenvalue weighted by Crippen LogP contribution is -2.74. The highest BCUT2D eigenvalue weighted by Gasteiger charge is 2.42. The molecule has 3 nitrogen and oxygen atoms in total. The second-order valence-corrected chi connectivity index (χ2v) is 17.4. The van der Waals surface area contributed by atoms with Crippen LogP contribution in [0.25, 0.3) is 55.0 Å². The fourth-order valence-corrected chi connectivity index (χ4v) is 13.5. The van der Waals surface area contributed by atoms with Crippen molar-refractivity contribution in [3.63, 3.8) is 0 Å². The number of hydrogen-bond acceptors (Lipinski definition) is 1. The molecule has 0 aliphatic heterocycles. The largest absolute Gasteiger partial charge is 0.308 e. The molecule has 8 aromatic carbocycles. The Kier molecular flexibility index (Phi) is 7.21. The van der Waals surface area contributed by atoms with Gasteiger partial charge in [0.2, 0.25) is 0 Å². The third-order valence-corrected chi connectivity index (χ3v) is 15.7. The normalized spacial score (nSPS) is 11.8. The van der Waals surface area contributed by atoms with Gasteiger partial charge in [-0.15, -0.1) is 0 Å². The first-order chi connectivity index (χ1) is 26.3. The molecule has 0 N–H and O–H groups in total. The molecule has 0 aliphatic carbocycles. The van der Waals surface area contributed by atoms with E-state index < -0.39 is 8.07 Å². The van der Waals surface area contributed by atoms with E-state index in [4.69, 9.17) is 0 Å². The molecule has 0 radical (unpaired) electrons. The van der Waals surface area contributed by atoms with Gasteiger partial charge < -0.3 is 9.13 Å². The summed E-state index contributed by atoms with van der Waals surface area (Å²) in [5.41, 5.74) is 6.66. The van der Waals surface area contributed by atoms with E-state index in [-0.39, 0.29) is 0 Å². The summed E-state index contributed by atoms with van der Waals surface area (Å²) in [6, 6.07) is 74.8. The molecular weight excluding hydrogens is 659 g/mol. The number of benzene rings is 8. The van der Waals surface area contributed by atoms with Gasteiger partial charge in [0.15, 0.2) is 8.07 Å². The van der Waals surface area contributed by atoms with Crippen LogP contribution in [0.15, 0.2) is 200 Å². The van der Waals surface area contributed by atoms with Gasteiger partial charge in [-0.05, 0) is 57.1 Å². The monoisotopic (exact) mass is 691 g/mol. The lowest BCUT2D eigenvalue weighted by atomic mass is 10.1. The Morgan fingerprint density at radius 1 is 0.340 bits per heavy atom. The minimum absolute atomic E-state index is 0.629. The Bertz CT molecular complexity index is 2670. The van der Waals surface area contributed by atoms with Crippen LogP contribution in [0, 0.1) is 11.3 Å². The molecule has 0 saturated carbocycles. The molecule has 2 heterocycles. The lowest BCUT2D eigenvalue weighted by Gasteiger charge is -2.35. The van der Waals surface area contributed by atoms with Crippen LogP contribution >= 0.6 is 0 Å². The van der Waals surface area contributed by atoms with Crippen LogP contribution < -0.4 is 20.7 Å². The van der Waals surface area contributed by atoms with Crippen LogP contribution in [0.1, 0.15) is 5.56 Å². The number of aromatic nitrogens is 2. The zero-order chi connectivity index (χ0) is 35.4. The van der Waals surface area contributed by atoms with Crippen LogP contribution in [0.3, 0.4) is 0 Å². The first-order valence-electron chi connectivity index (χ1n) is 18.0. The van der Waals surface area contributed by atoms with E-state index in [1.54, 1.807) is 0 Å². The van der Waals surface area contributed by atoms with Gasteiger partial charge >= 0.3 is 0 Å². The number of rotatable bonds is 6. The average Bonchev–Trinajstić information content (AvgIpc) is 3.75. The quantitative estimate of drug-likeness (QED) is 0.127. The smallest absolute Gasteiger partial charge is 0.179 e. The summed E-state index contributed by atoms with van der Waals surface area (Å²) >= 11 is 0. The molecule has 10 aromatic rings. The van der Waals surface area contributed by atoms with Crippen molar-refractivity contribution in [3.05, 3.63) is 206 Å². The maximum atomic E-state index is 11.5. The highest BCUT2D eigenvalue weighted by Crippen LogP contribution is 2.37. The van der Waals surface area contributed by atoms with Gasteiger partial charge in [-0.2, -0.15) is 5.26 Å². The van der Waals surface area contributed by atoms with Gasteiger partial charge in [-0.3, -0.25) is 0 Å². The molecule has 53 heavy (non-hydrogen) atoms. The number of nitriles is 1. The minimum Gasteiger partial charge on any atom is -0.308 e. The summed E-state index contributed by atoms with van der Waals surface area (Å²) in [4.78, 5) is 0. The summed E-state index contributed by atoms with van der Waals surface area (Å²) in [7, 11) is -3.03. The van der Waals surface area contributed by atoms with Crippen LogP contribution in [0.4, 0.5) is 0 Å². The van der Waals surface area contributed by atoms with Crippen LogP contribution in [-0.4, -0.2) is 17.2 Å². The maximum Gasteiger partial charge on any atom is 0.179 e. The third-order valence-electron chi connectivity index (χ3n) is 10.9. The molecule has 0 saturated heterocycles. The Balaban J connectivity index is 1.45. The molecule has 0 bridgehead atoms. The predicted octanol–water partition coefficient (Wildman–Crippen LogP) is 9.13. The number of para-hydroxylation sites is 4. The Morgan fingerprint density at radius 3 is 0.925 bits per heavy atom. The van der Waals surface area contributed by atoms with Crippen molar-refractivity contribution in [1.82, 2.24) is 9.13 Å². The molecule has 248 valence electrons. The highest BCUT2D eigenvalue weighted by molar-refractivity contribution is 7.20. The first-order valence-corrected chi connectivity index (χ1v) is 20.0. The molecule has 0 amide bonds. The number of nitrogens with zero attached hydrogens (tertiary/aromatic N) is 3. The Morgan fingerprint density at radius 2 is 0.623 bits per heavy atom. The fourth-order valence-electron chi connectivity index (χ4n) is 8.72. The van der Waals surface area contributed by atoms with Gasteiger partial charge in [0.25, 0.3) is 0 Å². The summed E-state index contributed by atoms with van der Waals surface area (Å²) in [5, 5.41) is 21.2. The zero-order valence-electron chi connectivity index (χ0n) is 28.9. The zero-order valence-corrected chi connectivity index (χ0v) is 29.9. The second kappa shape index (κ2) is 12.4. The fraction of sp³-hybridized carbons (Fsp3) is 0. The second-order valence-electron chi connectivity index (χ2n) is 13.6. The van der Waals surface area contributed by atoms with Crippen LogP contribution in [0.5, 0.6) is 0 Å². The van der Waals surface area contributed by atoms with E-state index in [9.17, 15) is 5.26 Å². The van der Waals surface area contributed by atoms with Crippen molar-refractivity contribution in [3.8, 4) is 17.4 Å². The van der Waals surface area contributed by atoms with Gasteiger partial charge in [-0.1, -0.05) is 164 Å². The van der Waals surface area contributed by atoms with Gasteiger partial charge in [0.05, 0.1) is 33.4 Å². The third kappa shape index (κ3) is 4.58. The molecule has 0 aliphatic rings. The van der Waals surface area contributed by atoms with E-state index in [0.29, 0.717) is 5.56 Å². The first kappa shape index (κ1) is 30.9. The SMILES string of the molecule is N#Cc1c(-n2c3ccccc3c3ccccc32)cc([Si](c2ccccc2)(c2ccccc2)c2ccccc2)cc1-n1c2ccccc2c2ccccc21. The van der Waals surface area contributed by atoms with Gasteiger partial charge in [0, 0.05) is 21.5 Å². The van der Waals surface area contributed by atoms with Gasteiger partial charge in [0.1, 0.15) is 11.6 Å². The van der Waals surface area contributed by atoms with E-state index in [1.165, 1.54) is 20.7 Å².